The zero-order valence-corrected chi connectivity index (χ0v) is 17.4. The number of fused-ring (bicyclic) bond motifs is 1. The summed E-state index contributed by atoms with van der Waals surface area (Å²) in [6.45, 7) is 0.504. The highest BCUT2D eigenvalue weighted by Gasteiger charge is 2.23. The standard InChI is InChI=1S/C22H18ClFN4O4/c23-15-7-13(3-4-16(15)24)27-22-14-8-18(28-20(29)5-6-21(30)31)19(32-10-12-1-2-12)9-17(14)25-11-26-22/h3-9,11-12H,1-2,10H2,(H,28,29)(H,30,31)(H,25,26,27). The first-order valence-corrected chi connectivity index (χ1v) is 10.1. The molecule has 0 saturated heterocycles. The molecule has 1 aliphatic carbocycles. The number of carbonyl (C=O) groups is 2. The normalized spacial score (nSPS) is 13.3. The van der Waals surface area contributed by atoms with E-state index in [2.05, 4.69) is 20.6 Å². The number of halogens is 2. The number of benzene rings is 2. The zero-order chi connectivity index (χ0) is 22.7. The summed E-state index contributed by atoms with van der Waals surface area (Å²) in [5.74, 6) is -1.10. The molecular weight excluding hydrogens is 439 g/mol. The van der Waals surface area contributed by atoms with Crippen LogP contribution < -0.4 is 15.4 Å². The number of rotatable bonds is 8. The first-order valence-electron chi connectivity index (χ1n) is 9.74. The topological polar surface area (TPSA) is 113 Å². The van der Waals surface area contributed by atoms with Crippen LogP contribution >= 0.6 is 11.6 Å². The van der Waals surface area contributed by atoms with Crippen molar-refractivity contribution >= 4 is 51.6 Å². The average molecular weight is 457 g/mol. The van der Waals surface area contributed by atoms with Crippen molar-refractivity contribution in [3.05, 3.63) is 59.7 Å². The van der Waals surface area contributed by atoms with Gasteiger partial charge in [0.2, 0.25) is 5.91 Å². The van der Waals surface area contributed by atoms with Crippen LogP contribution in [0.3, 0.4) is 0 Å². The van der Waals surface area contributed by atoms with Gasteiger partial charge in [0.15, 0.2) is 0 Å². The third-order valence-corrected chi connectivity index (χ3v) is 5.02. The molecule has 10 heteroatoms. The summed E-state index contributed by atoms with van der Waals surface area (Å²) < 4.78 is 19.4. The summed E-state index contributed by atoms with van der Waals surface area (Å²) in [5.41, 5.74) is 1.41. The molecule has 8 nitrogen and oxygen atoms in total. The van der Waals surface area contributed by atoms with Gasteiger partial charge in [0, 0.05) is 29.3 Å². The number of ether oxygens (including phenoxy) is 1. The molecule has 1 aromatic heterocycles. The second-order valence-electron chi connectivity index (χ2n) is 7.26. The molecular formula is C22H18ClFN4O4. The van der Waals surface area contributed by atoms with Crippen LogP contribution in [0, 0.1) is 11.7 Å². The second-order valence-corrected chi connectivity index (χ2v) is 7.66. The van der Waals surface area contributed by atoms with Gasteiger partial charge in [0.1, 0.15) is 23.7 Å². The minimum absolute atomic E-state index is 0.0395. The van der Waals surface area contributed by atoms with E-state index in [1.807, 2.05) is 0 Å². The molecule has 0 atom stereocenters. The zero-order valence-electron chi connectivity index (χ0n) is 16.6. The minimum Gasteiger partial charge on any atom is -0.491 e. The summed E-state index contributed by atoms with van der Waals surface area (Å²) in [5, 5.41) is 15.0. The summed E-state index contributed by atoms with van der Waals surface area (Å²) >= 11 is 5.86. The van der Waals surface area contributed by atoms with Crippen LogP contribution in [0.2, 0.25) is 5.02 Å². The molecule has 32 heavy (non-hydrogen) atoms. The van der Waals surface area contributed by atoms with Crippen LogP contribution in [0.15, 0.2) is 48.8 Å². The highest BCUT2D eigenvalue weighted by atomic mass is 35.5. The maximum absolute atomic E-state index is 13.5. The third-order valence-electron chi connectivity index (χ3n) is 4.73. The molecule has 0 spiro atoms. The molecule has 0 unspecified atom stereocenters. The Morgan fingerprint density at radius 2 is 2.03 bits per heavy atom. The molecule has 1 aliphatic rings. The van der Waals surface area contributed by atoms with Crippen molar-refractivity contribution in [1.82, 2.24) is 9.97 Å². The SMILES string of the molecule is O=C(O)C=CC(=O)Nc1cc2c(Nc3ccc(F)c(Cl)c3)ncnc2cc1OCC1CC1. The maximum atomic E-state index is 13.5. The van der Waals surface area contributed by atoms with Crippen molar-refractivity contribution < 1.29 is 23.8 Å². The van der Waals surface area contributed by atoms with Crippen LogP contribution in [0.5, 0.6) is 5.75 Å². The monoisotopic (exact) mass is 456 g/mol. The first-order chi connectivity index (χ1) is 15.4. The minimum atomic E-state index is -1.23. The second kappa shape index (κ2) is 9.19. The highest BCUT2D eigenvalue weighted by molar-refractivity contribution is 6.31. The smallest absolute Gasteiger partial charge is 0.328 e. The number of hydrogen-bond donors (Lipinski definition) is 3. The Kier molecular flexibility index (Phi) is 6.18. The molecule has 4 rings (SSSR count). The van der Waals surface area contributed by atoms with E-state index in [1.54, 1.807) is 12.1 Å². The van der Waals surface area contributed by atoms with Gasteiger partial charge in [0.25, 0.3) is 0 Å². The number of carbonyl (C=O) groups excluding carboxylic acids is 1. The molecule has 2 aromatic carbocycles. The number of carboxylic acid groups (broad SMARTS) is 1. The quantitative estimate of drug-likeness (QED) is 0.426. The van der Waals surface area contributed by atoms with Gasteiger partial charge < -0.3 is 20.5 Å². The number of aliphatic carboxylic acids is 1. The van der Waals surface area contributed by atoms with Gasteiger partial charge in [-0.1, -0.05) is 11.6 Å². The van der Waals surface area contributed by atoms with Crippen molar-refractivity contribution in [3.8, 4) is 5.75 Å². The van der Waals surface area contributed by atoms with Crippen LogP contribution in [0.1, 0.15) is 12.8 Å². The van der Waals surface area contributed by atoms with Crippen LogP contribution in [0.25, 0.3) is 10.9 Å². The van der Waals surface area contributed by atoms with Crippen LogP contribution in [-0.4, -0.2) is 33.6 Å². The van der Waals surface area contributed by atoms with Gasteiger partial charge in [-0.25, -0.2) is 19.2 Å². The van der Waals surface area contributed by atoms with Crippen molar-refractivity contribution in [1.29, 1.82) is 0 Å². The summed E-state index contributed by atoms with van der Waals surface area (Å²) in [6.07, 6.45) is 5.21. The Bertz CT molecular complexity index is 1230. The fraction of sp³-hybridized carbons (Fsp3) is 0.182. The maximum Gasteiger partial charge on any atom is 0.328 e. The molecule has 1 saturated carbocycles. The van der Waals surface area contributed by atoms with Gasteiger partial charge in [0.05, 0.1) is 22.8 Å². The van der Waals surface area contributed by atoms with Gasteiger partial charge in [-0.05, 0) is 43.0 Å². The molecule has 3 aromatic rings. The Morgan fingerprint density at radius 3 is 2.75 bits per heavy atom. The molecule has 1 fully saturated rings. The van der Waals surface area contributed by atoms with E-state index >= 15 is 0 Å². The lowest BCUT2D eigenvalue weighted by Gasteiger charge is -2.15. The van der Waals surface area contributed by atoms with Gasteiger partial charge in [-0.3, -0.25) is 4.79 Å². The molecule has 0 radical (unpaired) electrons. The van der Waals surface area contributed by atoms with E-state index in [0.29, 0.717) is 46.4 Å². The first kappa shape index (κ1) is 21.5. The summed E-state index contributed by atoms with van der Waals surface area (Å²) in [6, 6.07) is 7.49. The lowest BCUT2D eigenvalue weighted by molar-refractivity contribution is -0.131. The fourth-order valence-electron chi connectivity index (χ4n) is 2.92. The molecule has 1 heterocycles. The highest BCUT2D eigenvalue weighted by Crippen LogP contribution is 2.36. The van der Waals surface area contributed by atoms with Gasteiger partial charge >= 0.3 is 5.97 Å². The number of hydrogen-bond acceptors (Lipinski definition) is 6. The van der Waals surface area contributed by atoms with E-state index < -0.39 is 17.7 Å². The Hall–Kier alpha value is -3.72. The summed E-state index contributed by atoms with van der Waals surface area (Å²) in [4.78, 5) is 31.4. The average Bonchev–Trinajstić information content (AvgIpc) is 3.58. The number of aromatic nitrogens is 2. The molecule has 3 N–H and O–H groups in total. The van der Waals surface area contributed by atoms with Crippen molar-refractivity contribution in [2.75, 3.05) is 17.2 Å². The number of carboxylic acids is 1. The predicted octanol–water partition coefficient (Wildman–Crippen LogP) is 4.53. The third kappa shape index (κ3) is 5.30. The number of nitrogens with one attached hydrogen (secondary N) is 2. The largest absolute Gasteiger partial charge is 0.491 e. The van der Waals surface area contributed by atoms with Gasteiger partial charge in [-0.15, -0.1) is 0 Å². The Morgan fingerprint density at radius 1 is 1.22 bits per heavy atom. The van der Waals surface area contributed by atoms with E-state index in [1.165, 1.54) is 24.5 Å². The lowest BCUT2D eigenvalue weighted by atomic mass is 10.1. The number of anilines is 3. The van der Waals surface area contributed by atoms with E-state index in [0.717, 1.165) is 25.0 Å². The lowest BCUT2D eigenvalue weighted by Crippen LogP contribution is -2.11. The Labute approximate surface area is 187 Å². The van der Waals surface area contributed by atoms with E-state index in [4.69, 9.17) is 21.4 Å². The van der Waals surface area contributed by atoms with Crippen molar-refractivity contribution in [2.24, 2.45) is 5.92 Å². The molecule has 0 aliphatic heterocycles. The number of nitrogens with zero attached hydrogens (tertiary/aromatic N) is 2. The van der Waals surface area contributed by atoms with Crippen molar-refractivity contribution in [3.63, 3.8) is 0 Å². The van der Waals surface area contributed by atoms with Crippen LogP contribution in [0.4, 0.5) is 21.6 Å². The van der Waals surface area contributed by atoms with E-state index in [9.17, 15) is 14.0 Å². The van der Waals surface area contributed by atoms with Crippen molar-refractivity contribution in [2.45, 2.75) is 12.8 Å². The van der Waals surface area contributed by atoms with Crippen LogP contribution in [-0.2, 0) is 9.59 Å². The predicted molar refractivity (Wildman–Crippen MR) is 118 cm³/mol. The fourth-order valence-corrected chi connectivity index (χ4v) is 3.11. The van der Waals surface area contributed by atoms with Gasteiger partial charge in [-0.2, -0.15) is 0 Å². The molecule has 0 bridgehead atoms. The molecule has 1 amide bonds. The number of amides is 1. The molecule has 164 valence electrons. The van der Waals surface area contributed by atoms with E-state index in [-0.39, 0.29) is 5.02 Å². The summed E-state index contributed by atoms with van der Waals surface area (Å²) in [7, 11) is 0. The Balaban J connectivity index is 1.69.